The van der Waals surface area contributed by atoms with Crippen LogP contribution in [0.2, 0.25) is 0 Å². The van der Waals surface area contributed by atoms with E-state index in [1.807, 2.05) is 0 Å². The van der Waals surface area contributed by atoms with Crippen molar-refractivity contribution in [1.29, 1.82) is 0 Å². The number of aliphatic hydroxyl groups excluding tert-OH is 1. The molecule has 16 heavy (non-hydrogen) atoms. The number of aliphatic hydroxyl groups is 1. The minimum atomic E-state index is 0.326. The molecule has 0 radical (unpaired) electrons. The zero-order chi connectivity index (χ0) is 11.9. The topological polar surface area (TPSA) is 37.3 Å². The predicted molar refractivity (Wildman–Crippen MR) is 67.1 cm³/mol. The monoisotopic (exact) mass is 224 g/mol. The van der Waals surface area contributed by atoms with Crippen LogP contribution in [-0.2, 0) is 4.79 Å². The van der Waals surface area contributed by atoms with Gasteiger partial charge in [0.1, 0.15) is 6.29 Å². The van der Waals surface area contributed by atoms with Crippen molar-refractivity contribution in [1.82, 2.24) is 0 Å². The molecule has 92 valence electrons. The third kappa shape index (κ3) is 13.2. The van der Waals surface area contributed by atoms with Gasteiger partial charge in [0, 0.05) is 25.9 Å². The summed E-state index contributed by atoms with van der Waals surface area (Å²) in [7, 11) is 0. The lowest BCUT2D eigenvalue weighted by Crippen LogP contribution is -1.83. The maximum absolute atomic E-state index is 10.0. The Morgan fingerprint density at radius 3 is 2.00 bits per heavy atom. The molecule has 0 aliphatic carbocycles. The largest absolute Gasteiger partial charge is 0.396 e. The van der Waals surface area contributed by atoms with Gasteiger partial charge >= 0.3 is 0 Å². The van der Waals surface area contributed by atoms with Gasteiger partial charge in [0.2, 0.25) is 0 Å². The first kappa shape index (κ1) is 15.2. The summed E-state index contributed by atoms with van der Waals surface area (Å²) in [5.74, 6) is 6.23. The van der Waals surface area contributed by atoms with E-state index in [0.29, 0.717) is 13.0 Å². The van der Waals surface area contributed by atoms with E-state index >= 15 is 0 Å². The smallest absolute Gasteiger partial charge is 0.120 e. The fourth-order valence-corrected chi connectivity index (χ4v) is 1.48. The second kappa shape index (κ2) is 14.2. The number of hydrogen-bond donors (Lipinski definition) is 1. The van der Waals surface area contributed by atoms with Crippen molar-refractivity contribution in [3.8, 4) is 11.8 Å². The van der Waals surface area contributed by atoms with E-state index in [0.717, 1.165) is 38.4 Å². The Hall–Kier alpha value is -0.810. The zero-order valence-electron chi connectivity index (χ0n) is 10.2. The predicted octanol–water partition coefficient (Wildman–Crippen LogP) is 3.08. The first-order chi connectivity index (χ1) is 7.91. The van der Waals surface area contributed by atoms with Crippen LogP contribution in [0.1, 0.15) is 64.2 Å². The Morgan fingerprint density at radius 1 is 0.812 bits per heavy atom. The minimum Gasteiger partial charge on any atom is -0.396 e. The average molecular weight is 224 g/mol. The van der Waals surface area contributed by atoms with Gasteiger partial charge in [-0.3, -0.25) is 0 Å². The highest BCUT2D eigenvalue weighted by atomic mass is 16.2. The van der Waals surface area contributed by atoms with Crippen LogP contribution in [0, 0.1) is 11.8 Å². The maximum Gasteiger partial charge on any atom is 0.120 e. The first-order valence-electron chi connectivity index (χ1n) is 6.42. The fraction of sp³-hybridized carbons (Fsp3) is 0.786. The molecule has 0 aromatic carbocycles. The van der Waals surface area contributed by atoms with Gasteiger partial charge in [-0.15, -0.1) is 11.8 Å². The van der Waals surface area contributed by atoms with Crippen LogP contribution in [0.4, 0.5) is 0 Å². The molecule has 0 aliphatic heterocycles. The van der Waals surface area contributed by atoms with Gasteiger partial charge in [0.15, 0.2) is 0 Å². The van der Waals surface area contributed by atoms with Crippen molar-refractivity contribution in [2.45, 2.75) is 64.2 Å². The van der Waals surface area contributed by atoms with Gasteiger partial charge in [-0.25, -0.2) is 0 Å². The van der Waals surface area contributed by atoms with Crippen LogP contribution >= 0.6 is 0 Å². The molecule has 2 nitrogen and oxygen atoms in total. The summed E-state index contributed by atoms with van der Waals surface area (Å²) >= 11 is 0. The number of hydrogen-bond acceptors (Lipinski definition) is 2. The normalized spacial score (nSPS) is 9.56. The Balaban J connectivity index is 3.04. The lowest BCUT2D eigenvalue weighted by atomic mass is 10.1. The molecular formula is C14H24O2. The molecule has 0 bridgehead atoms. The molecule has 0 heterocycles. The van der Waals surface area contributed by atoms with Gasteiger partial charge in [-0.2, -0.15) is 0 Å². The highest BCUT2D eigenvalue weighted by molar-refractivity contribution is 5.49. The SMILES string of the molecule is O=CCCCC#CCCCCCCCCO. The first-order valence-corrected chi connectivity index (χ1v) is 6.42. The molecule has 0 saturated heterocycles. The molecule has 0 saturated carbocycles. The van der Waals surface area contributed by atoms with Gasteiger partial charge in [0.05, 0.1) is 0 Å². The molecule has 0 aromatic rings. The molecule has 0 aromatic heterocycles. The summed E-state index contributed by atoms with van der Waals surface area (Å²) in [6.07, 6.45) is 11.3. The van der Waals surface area contributed by atoms with Crippen molar-refractivity contribution in [2.24, 2.45) is 0 Å². The lowest BCUT2D eigenvalue weighted by Gasteiger charge is -1.97. The summed E-state index contributed by atoms with van der Waals surface area (Å²) in [5.41, 5.74) is 0. The second-order valence-electron chi connectivity index (χ2n) is 4.01. The molecule has 0 amide bonds. The van der Waals surface area contributed by atoms with E-state index in [4.69, 9.17) is 5.11 Å². The highest BCUT2D eigenvalue weighted by Gasteiger charge is 1.89. The van der Waals surface area contributed by atoms with Gasteiger partial charge in [-0.05, 0) is 19.3 Å². The summed E-state index contributed by atoms with van der Waals surface area (Å²) < 4.78 is 0. The van der Waals surface area contributed by atoms with E-state index in [9.17, 15) is 4.79 Å². The molecule has 2 heteroatoms. The number of rotatable bonds is 10. The van der Waals surface area contributed by atoms with Crippen LogP contribution in [0.25, 0.3) is 0 Å². The third-order valence-electron chi connectivity index (χ3n) is 2.46. The molecule has 0 aliphatic rings. The molecule has 1 N–H and O–H groups in total. The van der Waals surface area contributed by atoms with Gasteiger partial charge in [-0.1, -0.05) is 25.7 Å². The van der Waals surface area contributed by atoms with Crippen molar-refractivity contribution in [3.63, 3.8) is 0 Å². The average Bonchev–Trinajstić information content (AvgIpc) is 2.31. The Kier molecular flexibility index (Phi) is 13.5. The van der Waals surface area contributed by atoms with Crippen LogP contribution in [-0.4, -0.2) is 18.0 Å². The number of carbonyl (C=O) groups is 1. The van der Waals surface area contributed by atoms with Gasteiger partial charge < -0.3 is 9.90 Å². The quantitative estimate of drug-likeness (QED) is 0.352. The maximum atomic E-state index is 10.0. The molecular weight excluding hydrogens is 200 g/mol. The van der Waals surface area contributed by atoms with Crippen molar-refractivity contribution in [2.75, 3.05) is 6.61 Å². The zero-order valence-corrected chi connectivity index (χ0v) is 10.2. The van der Waals surface area contributed by atoms with Crippen LogP contribution < -0.4 is 0 Å². The number of aldehydes is 1. The van der Waals surface area contributed by atoms with E-state index in [1.54, 1.807) is 0 Å². The van der Waals surface area contributed by atoms with E-state index < -0.39 is 0 Å². The molecule has 0 unspecified atom stereocenters. The van der Waals surface area contributed by atoms with E-state index in [-0.39, 0.29) is 0 Å². The van der Waals surface area contributed by atoms with Crippen molar-refractivity contribution < 1.29 is 9.90 Å². The molecule has 0 atom stereocenters. The summed E-state index contributed by atoms with van der Waals surface area (Å²) in [6, 6.07) is 0. The van der Waals surface area contributed by atoms with E-state index in [2.05, 4.69) is 11.8 Å². The standard InChI is InChI=1S/C14H24O2/c15-13-11-9-7-5-3-1-2-4-6-8-10-12-14-16/h14-15H,1-3,5,7-13H2. The minimum absolute atomic E-state index is 0.326. The number of unbranched alkanes of at least 4 members (excludes halogenated alkanes) is 8. The van der Waals surface area contributed by atoms with E-state index in [1.165, 1.54) is 25.7 Å². The Morgan fingerprint density at radius 2 is 1.38 bits per heavy atom. The number of carbonyl (C=O) groups excluding carboxylic acids is 1. The van der Waals surface area contributed by atoms with Crippen LogP contribution in [0.15, 0.2) is 0 Å². The third-order valence-corrected chi connectivity index (χ3v) is 2.46. The van der Waals surface area contributed by atoms with Crippen LogP contribution in [0.3, 0.4) is 0 Å². The summed E-state index contributed by atoms with van der Waals surface area (Å²) in [5, 5.41) is 8.59. The fourth-order valence-electron chi connectivity index (χ4n) is 1.48. The lowest BCUT2D eigenvalue weighted by molar-refractivity contribution is -0.107. The van der Waals surface area contributed by atoms with Crippen LogP contribution in [0.5, 0.6) is 0 Å². The molecule has 0 rings (SSSR count). The van der Waals surface area contributed by atoms with Gasteiger partial charge in [0.25, 0.3) is 0 Å². The Bertz CT molecular complexity index is 201. The molecule has 0 spiro atoms. The summed E-state index contributed by atoms with van der Waals surface area (Å²) in [4.78, 5) is 10.0. The second-order valence-corrected chi connectivity index (χ2v) is 4.01. The summed E-state index contributed by atoms with van der Waals surface area (Å²) in [6.45, 7) is 0.326. The van der Waals surface area contributed by atoms with Crippen molar-refractivity contribution >= 4 is 6.29 Å². The Labute approximate surface area is 99.4 Å². The molecule has 0 fully saturated rings. The highest BCUT2D eigenvalue weighted by Crippen LogP contribution is 2.06. The van der Waals surface area contributed by atoms with Crippen molar-refractivity contribution in [3.05, 3.63) is 0 Å².